The first kappa shape index (κ1) is 16.6. The summed E-state index contributed by atoms with van der Waals surface area (Å²) in [5, 5.41) is 7.14. The van der Waals surface area contributed by atoms with E-state index in [4.69, 9.17) is 0 Å². The van der Waals surface area contributed by atoms with Gasteiger partial charge in [0.05, 0.1) is 0 Å². The van der Waals surface area contributed by atoms with Crippen molar-refractivity contribution in [3.05, 3.63) is 36.5 Å². The van der Waals surface area contributed by atoms with E-state index in [0.29, 0.717) is 30.6 Å². The minimum Gasteiger partial charge on any atom is -0.352 e. The Morgan fingerprint density at radius 2 is 2.21 bits per heavy atom. The predicted octanol–water partition coefficient (Wildman–Crippen LogP) is 2.89. The second-order valence-electron chi connectivity index (χ2n) is 6.68. The number of carbonyl (C=O) groups excluding carboxylic acids is 1. The second kappa shape index (κ2) is 8.04. The van der Waals surface area contributed by atoms with Crippen molar-refractivity contribution in [1.82, 2.24) is 25.1 Å². The maximum Gasteiger partial charge on any atom is 0.220 e. The smallest absolute Gasteiger partial charge is 0.220 e. The highest BCUT2D eigenvalue weighted by Crippen LogP contribution is 2.31. The molecule has 2 heterocycles. The third kappa shape index (κ3) is 4.19. The van der Waals surface area contributed by atoms with Crippen molar-refractivity contribution in [3.8, 4) is 5.82 Å². The van der Waals surface area contributed by atoms with Crippen LogP contribution in [0.3, 0.4) is 0 Å². The predicted molar refractivity (Wildman–Crippen MR) is 91.4 cm³/mol. The van der Waals surface area contributed by atoms with E-state index in [2.05, 4.69) is 27.3 Å². The molecule has 2 aromatic rings. The van der Waals surface area contributed by atoms with Crippen molar-refractivity contribution in [2.75, 3.05) is 0 Å². The van der Waals surface area contributed by atoms with Crippen LogP contribution in [0, 0.1) is 11.8 Å². The van der Waals surface area contributed by atoms with Crippen molar-refractivity contribution in [3.63, 3.8) is 0 Å². The van der Waals surface area contributed by atoms with E-state index in [9.17, 15) is 4.79 Å². The molecule has 1 fully saturated rings. The van der Waals surface area contributed by atoms with Gasteiger partial charge in [-0.1, -0.05) is 45.1 Å². The van der Waals surface area contributed by atoms with E-state index >= 15 is 0 Å². The van der Waals surface area contributed by atoms with Crippen molar-refractivity contribution < 1.29 is 4.79 Å². The van der Waals surface area contributed by atoms with Crippen LogP contribution in [-0.2, 0) is 11.3 Å². The Bertz CT molecular complexity index is 649. The number of hydrogen-bond donors (Lipinski definition) is 1. The van der Waals surface area contributed by atoms with E-state index in [0.717, 1.165) is 5.56 Å². The summed E-state index contributed by atoms with van der Waals surface area (Å²) >= 11 is 0. The Hall–Kier alpha value is -2.24. The average molecular weight is 327 g/mol. The summed E-state index contributed by atoms with van der Waals surface area (Å²) in [6, 6.07) is 3.82. The Kier molecular flexibility index (Phi) is 5.56. The van der Waals surface area contributed by atoms with E-state index in [1.807, 2.05) is 12.1 Å². The summed E-state index contributed by atoms with van der Waals surface area (Å²) in [5.74, 6) is 1.97. The van der Waals surface area contributed by atoms with Gasteiger partial charge in [-0.25, -0.2) is 14.6 Å². The van der Waals surface area contributed by atoms with Gasteiger partial charge in [0.1, 0.15) is 12.7 Å². The van der Waals surface area contributed by atoms with Gasteiger partial charge in [0, 0.05) is 24.7 Å². The molecule has 0 unspecified atom stereocenters. The maximum absolute atomic E-state index is 12.3. The van der Waals surface area contributed by atoms with Crippen molar-refractivity contribution >= 4 is 5.91 Å². The van der Waals surface area contributed by atoms with Crippen LogP contribution in [0.1, 0.15) is 51.0 Å². The van der Waals surface area contributed by atoms with Gasteiger partial charge in [-0.2, -0.15) is 5.10 Å². The molecule has 1 amide bonds. The molecule has 1 atom stereocenters. The summed E-state index contributed by atoms with van der Waals surface area (Å²) in [6.07, 6.45) is 11.9. The zero-order chi connectivity index (χ0) is 16.8. The minimum atomic E-state index is 0.112. The number of hydrogen-bond acceptors (Lipinski definition) is 4. The van der Waals surface area contributed by atoms with Crippen LogP contribution >= 0.6 is 0 Å². The molecular formula is C18H25N5O. The van der Waals surface area contributed by atoms with Gasteiger partial charge >= 0.3 is 0 Å². The van der Waals surface area contributed by atoms with E-state index in [1.54, 1.807) is 17.2 Å². The molecule has 0 aliphatic heterocycles. The number of carbonyl (C=O) groups is 1. The highest BCUT2D eigenvalue weighted by molar-refractivity contribution is 5.76. The minimum absolute atomic E-state index is 0.112. The lowest BCUT2D eigenvalue weighted by molar-refractivity contribution is -0.122. The molecule has 6 nitrogen and oxygen atoms in total. The summed E-state index contributed by atoms with van der Waals surface area (Å²) in [5.41, 5.74) is 0.932. The van der Waals surface area contributed by atoms with E-state index < -0.39 is 0 Å². The number of amides is 1. The van der Waals surface area contributed by atoms with Gasteiger partial charge in [-0.05, 0) is 17.9 Å². The van der Waals surface area contributed by atoms with Crippen LogP contribution < -0.4 is 5.32 Å². The molecule has 1 saturated carbocycles. The lowest BCUT2D eigenvalue weighted by atomic mass is 9.79. The number of nitrogens with one attached hydrogen (secondary N) is 1. The monoisotopic (exact) mass is 327 g/mol. The van der Waals surface area contributed by atoms with Gasteiger partial charge in [-0.3, -0.25) is 4.79 Å². The number of nitrogens with zero attached hydrogens (tertiary/aromatic N) is 4. The fourth-order valence-corrected chi connectivity index (χ4v) is 3.52. The SMILES string of the molecule is C[C@H](CC(=O)NCc1cccnc1-n1cncn1)C1CCCCC1. The van der Waals surface area contributed by atoms with Crippen LogP contribution in [0.15, 0.2) is 31.0 Å². The maximum atomic E-state index is 12.3. The quantitative estimate of drug-likeness (QED) is 0.885. The molecule has 0 spiro atoms. The molecule has 2 aromatic heterocycles. The summed E-state index contributed by atoms with van der Waals surface area (Å²) in [6.45, 7) is 2.67. The van der Waals surface area contributed by atoms with Crippen molar-refractivity contribution in [2.45, 2.75) is 52.0 Å². The zero-order valence-corrected chi connectivity index (χ0v) is 14.2. The van der Waals surface area contributed by atoms with Crippen LogP contribution in [0.25, 0.3) is 5.82 Å². The van der Waals surface area contributed by atoms with E-state index in [-0.39, 0.29) is 5.91 Å². The average Bonchev–Trinajstić information content (AvgIpc) is 3.15. The highest BCUT2D eigenvalue weighted by atomic mass is 16.1. The van der Waals surface area contributed by atoms with Gasteiger partial charge in [0.2, 0.25) is 5.91 Å². The van der Waals surface area contributed by atoms with Gasteiger partial charge in [0.25, 0.3) is 0 Å². The summed E-state index contributed by atoms with van der Waals surface area (Å²) < 4.78 is 1.62. The fourth-order valence-electron chi connectivity index (χ4n) is 3.52. The third-order valence-corrected chi connectivity index (χ3v) is 4.94. The second-order valence-corrected chi connectivity index (χ2v) is 6.68. The van der Waals surface area contributed by atoms with Crippen LogP contribution in [0.4, 0.5) is 0 Å². The van der Waals surface area contributed by atoms with Crippen LogP contribution in [0.5, 0.6) is 0 Å². The summed E-state index contributed by atoms with van der Waals surface area (Å²) in [4.78, 5) is 20.6. The van der Waals surface area contributed by atoms with Gasteiger partial charge < -0.3 is 5.32 Å². The molecule has 6 heteroatoms. The van der Waals surface area contributed by atoms with Gasteiger partial charge in [0.15, 0.2) is 5.82 Å². The molecule has 1 N–H and O–H groups in total. The molecule has 1 aliphatic rings. The molecule has 0 aromatic carbocycles. The Labute approximate surface area is 142 Å². The summed E-state index contributed by atoms with van der Waals surface area (Å²) in [7, 11) is 0. The highest BCUT2D eigenvalue weighted by Gasteiger charge is 2.22. The Morgan fingerprint density at radius 1 is 1.38 bits per heavy atom. The molecule has 0 bridgehead atoms. The van der Waals surface area contributed by atoms with Crippen LogP contribution in [-0.4, -0.2) is 25.7 Å². The molecule has 128 valence electrons. The molecule has 24 heavy (non-hydrogen) atoms. The fraction of sp³-hybridized carbons (Fsp3) is 0.556. The zero-order valence-electron chi connectivity index (χ0n) is 14.2. The largest absolute Gasteiger partial charge is 0.352 e. The standard InChI is InChI=1S/C18H25N5O/c1-14(15-6-3-2-4-7-15)10-17(24)21-11-16-8-5-9-20-18(16)23-13-19-12-22-23/h5,8-9,12-15H,2-4,6-7,10-11H2,1H3,(H,21,24)/t14-/m1/s1. The molecule has 0 radical (unpaired) electrons. The molecule has 3 rings (SSSR count). The lowest BCUT2D eigenvalue weighted by Gasteiger charge is -2.27. The number of aromatic nitrogens is 4. The van der Waals surface area contributed by atoms with Crippen molar-refractivity contribution in [1.29, 1.82) is 0 Å². The number of pyridine rings is 1. The van der Waals surface area contributed by atoms with Gasteiger partial charge in [-0.15, -0.1) is 0 Å². The molecule has 0 saturated heterocycles. The molecular weight excluding hydrogens is 302 g/mol. The topological polar surface area (TPSA) is 72.7 Å². The Balaban J connectivity index is 1.55. The lowest BCUT2D eigenvalue weighted by Crippen LogP contribution is -2.28. The van der Waals surface area contributed by atoms with Crippen LogP contribution in [0.2, 0.25) is 0 Å². The first-order chi connectivity index (χ1) is 11.7. The normalized spacial score (nSPS) is 16.7. The molecule has 1 aliphatic carbocycles. The number of rotatable bonds is 6. The third-order valence-electron chi connectivity index (χ3n) is 4.94. The Morgan fingerprint density at radius 3 is 2.96 bits per heavy atom. The first-order valence-electron chi connectivity index (χ1n) is 8.79. The first-order valence-corrected chi connectivity index (χ1v) is 8.79. The van der Waals surface area contributed by atoms with Crippen molar-refractivity contribution in [2.24, 2.45) is 11.8 Å². The van der Waals surface area contributed by atoms with E-state index in [1.165, 1.54) is 38.4 Å².